The summed E-state index contributed by atoms with van der Waals surface area (Å²) in [5.74, 6) is 2.04. The molecule has 5 saturated carbocycles. The lowest BCUT2D eigenvalue weighted by atomic mass is 9.32. The zero-order chi connectivity index (χ0) is 37.7. The molecule has 2 aromatic carbocycles. The fraction of sp³-hybridized carbons (Fsp3) is 0.682. The van der Waals surface area contributed by atoms with Crippen molar-refractivity contribution in [3.8, 4) is 0 Å². The van der Waals surface area contributed by atoms with Crippen LogP contribution >= 0.6 is 0 Å². The quantitative estimate of drug-likeness (QED) is 0.197. The predicted molar refractivity (Wildman–Crippen MR) is 207 cm³/mol. The first-order valence-electron chi connectivity index (χ1n) is 19.8. The first-order valence-corrected chi connectivity index (χ1v) is 22.6. The highest BCUT2D eigenvalue weighted by Gasteiger charge is 2.71. The summed E-state index contributed by atoms with van der Waals surface area (Å²) in [4.78, 5) is 0.464. The first kappa shape index (κ1) is 38.3. The lowest BCUT2D eigenvalue weighted by molar-refractivity contribution is -0.247. The summed E-state index contributed by atoms with van der Waals surface area (Å²) in [5, 5.41) is 0. The molecule has 5 aliphatic carbocycles. The van der Waals surface area contributed by atoms with Crippen molar-refractivity contribution < 1.29 is 25.2 Å². The van der Waals surface area contributed by atoms with E-state index in [1.54, 1.807) is 24.3 Å². The summed E-state index contributed by atoms with van der Waals surface area (Å²) in [6.07, 6.45) is 9.83. The van der Waals surface area contributed by atoms with Crippen LogP contribution in [0.15, 0.2) is 70.5 Å². The zero-order valence-corrected chi connectivity index (χ0v) is 34.5. The van der Waals surface area contributed by atoms with Crippen LogP contribution in [0.2, 0.25) is 0 Å². The minimum Gasteiger partial charge on any atom is -0.266 e. The number of hydrogen-bond acceptors (Lipinski definition) is 6. The van der Waals surface area contributed by atoms with E-state index in [0.29, 0.717) is 29.6 Å². The maximum atomic E-state index is 13.5. The molecule has 5 aliphatic rings. The summed E-state index contributed by atoms with van der Waals surface area (Å²) < 4.78 is 66.2. The largest absolute Gasteiger partial charge is 0.297 e. The lowest BCUT2D eigenvalue weighted by Crippen LogP contribution is -2.67. The third-order valence-corrected chi connectivity index (χ3v) is 19.2. The maximum absolute atomic E-state index is 13.5. The minimum absolute atomic E-state index is 0.0706. The summed E-state index contributed by atoms with van der Waals surface area (Å²) in [7, 11) is -7.75. The van der Waals surface area contributed by atoms with Gasteiger partial charge in [0.1, 0.15) is 0 Å². The standard InChI is InChI=1S/C44H62O6S2/c1-29(2)34-20-25-44(28-49-51(45,46)32-14-10-30(3)11-15-32)27-26-42(8)35(39(34)44)18-19-37-41(7)23-22-38(40(5,6)36(41)21-24-43(37,42)9)50-52(47,48)33-16-12-31(4)13-17-33/h10-17,34-39H,1,18-28H2,2-9H3/t34-,35-,36+,37+,38+,39?,41+,42+,43-,44-/m0/s1. The van der Waals surface area contributed by atoms with Crippen molar-refractivity contribution in [3.63, 3.8) is 0 Å². The van der Waals surface area contributed by atoms with E-state index < -0.39 is 20.2 Å². The topological polar surface area (TPSA) is 86.7 Å². The van der Waals surface area contributed by atoms with E-state index in [1.165, 1.54) is 5.57 Å². The molecule has 0 N–H and O–H groups in total. The van der Waals surface area contributed by atoms with E-state index >= 15 is 0 Å². The van der Waals surface area contributed by atoms with Crippen LogP contribution in [-0.4, -0.2) is 29.5 Å². The Morgan fingerprint density at radius 2 is 1.29 bits per heavy atom. The Labute approximate surface area is 314 Å². The van der Waals surface area contributed by atoms with Crippen molar-refractivity contribution in [2.75, 3.05) is 6.61 Å². The normalized spacial score (nSPS) is 39.8. The van der Waals surface area contributed by atoms with Crippen molar-refractivity contribution in [2.24, 2.45) is 56.7 Å². The third-order valence-electron chi connectivity index (χ3n) is 16.5. The summed E-state index contributed by atoms with van der Waals surface area (Å²) in [6, 6.07) is 14.0. The predicted octanol–water partition coefficient (Wildman–Crippen LogP) is 10.4. The molecular weight excluding hydrogens is 689 g/mol. The molecule has 1 unspecified atom stereocenters. The van der Waals surface area contributed by atoms with E-state index in [2.05, 4.69) is 48.1 Å². The molecule has 5 fully saturated rings. The second-order valence-electron chi connectivity index (χ2n) is 19.3. The second kappa shape index (κ2) is 12.8. The monoisotopic (exact) mass is 750 g/mol. The summed E-state index contributed by atoms with van der Waals surface area (Å²) >= 11 is 0. The zero-order valence-electron chi connectivity index (χ0n) is 32.8. The average molecular weight is 751 g/mol. The molecule has 6 nitrogen and oxygen atoms in total. The molecule has 0 radical (unpaired) electrons. The van der Waals surface area contributed by atoms with Crippen LogP contribution in [0.25, 0.3) is 0 Å². The Morgan fingerprint density at radius 1 is 0.692 bits per heavy atom. The second-order valence-corrected chi connectivity index (χ2v) is 22.5. The van der Waals surface area contributed by atoms with Gasteiger partial charge in [-0.15, -0.1) is 0 Å². The number of allylic oxidation sites excluding steroid dienone is 1. The van der Waals surface area contributed by atoms with Gasteiger partial charge in [0.25, 0.3) is 20.2 Å². The molecule has 0 saturated heterocycles. The van der Waals surface area contributed by atoms with E-state index in [1.807, 2.05) is 38.1 Å². The molecule has 286 valence electrons. The van der Waals surface area contributed by atoms with Crippen molar-refractivity contribution in [1.29, 1.82) is 0 Å². The van der Waals surface area contributed by atoms with Gasteiger partial charge >= 0.3 is 0 Å². The molecule has 0 spiro atoms. The number of hydrogen-bond donors (Lipinski definition) is 0. The molecule has 0 amide bonds. The highest BCUT2D eigenvalue weighted by Crippen LogP contribution is 2.77. The third kappa shape index (κ3) is 5.82. The Bertz CT molecular complexity index is 1920. The van der Waals surface area contributed by atoms with Gasteiger partial charge in [0.2, 0.25) is 0 Å². The van der Waals surface area contributed by atoms with Crippen LogP contribution < -0.4 is 0 Å². The van der Waals surface area contributed by atoms with Crippen LogP contribution in [0.3, 0.4) is 0 Å². The average Bonchev–Trinajstić information content (AvgIpc) is 3.46. The molecule has 0 bridgehead atoms. The van der Waals surface area contributed by atoms with Crippen LogP contribution in [-0.2, 0) is 28.6 Å². The minimum atomic E-state index is -3.88. The van der Waals surface area contributed by atoms with Crippen molar-refractivity contribution in [1.82, 2.24) is 0 Å². The van der Waals surface area contributed by atoms with Crippen LogP contribution in [0.1, 0.15) is 117 Å². The van der Waals surface area contributed by atoms with Crippen LogP contribution in [0.5, 0.6) is 0 Å². The first-order chi connectivity index (χ1) is 24.2. The molecule has 10 atom stereocenters. The molecule has 0 aliphatic heterocycles. The molecule has 8 heteroatoms. The van der Waals surface area contributed by atoms with E-state index in [0.717, 1.165) is 75.3 Å². The van der Waals surface area contributed by atoms with Crippen LogP contribution in [0.4, 0.5) is 0 Å². The number of benzene rings is 2. The van der Waals surface area contributed by atoms with Gasteiger partial charge in [-0.1, -0.05) is 82.2 Å². The Morgan fingerprint density at radius 3 is 1.88 bits per heavy atom. The maximum Gasteiger partial charge on any atom is 0.297 e. The van der Waals surface area contributed by atoms with E-state index in [-0.39, 0.29) is 49.6 Å². The fourth-order valence-corrected chi connectivity index (χ4v) is 15.8. The van der Waals surface area contributed by atoms with Crippen LogP contribution in [0, 0.1) is 70.5 Å². The molecule has 52 heavy (non-hydrogen) atoms. The van der Waals surface area contributed by atoms with Gasteiger partial charge in [-0.2, -0.15) is 16.8 Å². The van der Waals surface area contributed by atoms with Gasteiger partial charge in [-0.25, -0.2) is 0 Å². The SMILES string of the molecule is C=C(C)[C@@H]1CC[C@@]2(COS(=O)(=O)c3ccc(C)cc3)CC[C@]3(C)[C@@H](CC[C@@H]4[C@]5(C)CC[C@@H](OS(=O)(=O)c6ccc(C)cc6)C(C)(C)[C@H]5CC[C@@]43C)C12. The van der Waals surface area contributed by atoms with Crippen molar-refractivity contribution in [2.45, 2.75) is 135 Å². The van der Waals surface area contributed by atoms with Gasteiger partial charge in [0.05, 0.1) is 22.5 Å². The smallest absolute Gasteiger partial charge is 0.266 e. The summed E-state index contributed by atoms with van der Waals surface area (Å²) in [5.41, 5.74) is 3.06. The van der Waals surface area contributed by atoms with Gasteiger partial charge in [-0.05, 0) is 166 Å². The van der Waals surface area contributed by atoms with Crippen molar-refractivity contribution in [3.05, 3.63) is 71.8 Å². The number of fused-ring (bicyclic) bond motifs is 7. The molecule has 0 aromatic heterocycles. The van der Waals surface area contributed by atoms with Gasteiger partial charge in [-0.3, -0.25) is 8.37 Å². The summed E-state index contributed by atoms with van der Waals surface area (Å²) in [6.45, 7) is 23.1. The highest BCUT2D eigenvalue weighted by molar-refractivity contribution is 7.87. The lowest BCUT2D eigenvalue weighted by Gasteiger charge is -2.73. The van der Waals surface area contributed by atoms with E-state index in [9.17, 15) is 16.8 Å². The van der Waals surface area contributed by atoms with Gasteiger partial charge in [0.15, 0.2) is 0 Å². The van der Waals surface area contributed by atoms with Crippen molar-refractivity contribution >= 4 is 20.2 Å². The Balaban J connectivity index is 1.15. The molecule has 7 rings (SSSR count). The molecule has 0 heterocycles. The number of rotatable bonds is 8. The highest BCUT2D eigenvalue weighted by atomic mass is 32.2. The Hall–Kier alpha value is -2.00. The van der Waals surface area contributed by atoms with Gasteiger partial charge in [0, 0.05) is 0 Å². The van der Waals surface area contributed by atoms with E-state index in [4.69, 9.17) is 8.37 Å². The molecule has 2 aromatic rings. The Kier molecular flexibility index (Phi) is 9.41. The molecular formula is C44H62O6S2. The number of aryl methyl sites for hydroxylation is 2. The van der Waals surface area contributed by atoms with Gasteiger partial charge < -0.3 is 0 Å². The fourth-order valence-electron chi connectivity index (χ4n) is 13.6.